The normalized spacial score (nSPS) is 17.0. The van der Waals surface area contributed by atoms with Gasteiger partial charge in [0.25, 0.3) is 0 Å². The van der Waals surface area contributed by atoms with Crippen molar-refractivity contribution in [2.45, 2.75) is 23.6 Å². The summed E-state index contributed by atoms with van der Waals surface area (Å²) in [6, 6.07) is 10.4. The van der Waals surface area contributed by atoms with Crippen molar-refractivity contribution in [2.75, 3.05) is 26.2 Å². The van der Waals surface area contributed by atoms with Gasteiger partial charge in [0.15, 0.2) is 0 Å². The van der Waals surface area contributed by atoms with Crippen LogP contribution in [0.2, 0.25) is 0 Å². The molecule has 2 aromatic rings. The highest BCUT2D eigenvalue weighted by Crippen LogP contribution is 2.26. The van der Waals surface area contributed by atoms with Gasteiger partial charge in [-0.2, -0.15) is 8.61 Å². The summed E-state index contributed by atoms with van der Waals surface area (Å²) in [5, 5.41) is 0. The predicted octanol–water partition coefficient (Wildman–Crippen LogP) is 3.21. The van der Waals surface area contributed by atoms with E-state index in [9.17, 15) is 16.8 Å². The van der Waals surface area contributed by atoms with E-state index in [1.165, 1.54) is 8.61 Å². The summed E-state index contributed by atoms with van der Waals surface area (Å²) in [6.07, 6.45) is 0. The summed E-state index contributed by atoms with van der Waals surface area (Å²) >= 11 is 4.29. The fourth-order valence-corrected chi connectivity index (χ4v) is 7.78. The van der Waals surface area contributed by atoms with E-state index in [0.29, 0.717) is 11.1 Å². The van der Waals surface area contributed by atoms with Gasteiger partial charge < -0.3 is 0 Å². The minimum Gasteiger partial charge on any atom is -0.207 e. The predicted molar refractivity (Wildman–Crippen MR) is 125 cm³/mol. The number of rotatable bonds is 4. The molecule has 0 amide bonds. The van der Waals surface area contributed by atoms with E-state index < -0.39 is 20.0 Å². The Labute approximate surface area is 193 Å². The second-order valence-corrected chi connectivity index (χ2v) is 12.9. The second kappa shape index (κ2) is 8.46. The number of hydrogen-bond donors (Lipinski definition) is 0. The van der Waals surface area contributed by atoms with Gasteiger partial charge in [-0.25, -0.2) is 16.8 Å². The molecule has 2 aromatic carbocycles. The van der Waals surface area contributed by atoms with Crippen molar-refractivity contribution in [3.63, 3.8) is 0 Å². The number of piperazine rings is 1. The maximum Gasteiger partial charge on any atom is 0.243 e. The van der Waals surface area contributed by atoms with E-state index in [2.05, 4.69) is 45.2 Å². The molecule has 3 rings (SSSR count). The number of halogens is 2. The molecule has 0 N–H and O–H groups in total. The molecule has 0 atom stereocenters. The van der Waals surface area contributed by atoms with Crippen LogP contribution in [-0.4, -0.2) is 51.6 Å². The summed E-state index contributed by atoms with van der Waals surface area (Å²) in [5.74, 6) is 0. The van der Waals surface area contributed by atoms with Crippen LogP contribution in [0.4, 0.5) is 0 Å². The van der Waals surface area contributed by atoms with E-state index in [-0.39, 0.29) is 36.0 Å². The maximum absolute atomic E-state index is 13.0. The van der Waals surface area contributed by atoms with Gasteiger partial charge in [0.05, 0.1) is 9.79 Å². The fourth-order valence-electron chi connectivity index (χ4n) is 3.23. The first-order chi connectivity index (χ1) is 13.0. The van der Waals surface area contributed by atoms with Crippen LogP contribution < -0.4 is 0 Å². The van der Waals surface area contributed by atoms with Crippen LogP contribution in [-0.2, 0) is 20.0 Å². The lowest BCUT2D eigenvalue weighted by molar-refractivity contribution is 0.272. The molecule has 0 saturated carbocycles. The standard InChI is InChI=1S/C18H20I2N2O4S2/c1-13-11-15(19)3-5-17(13)27(23,24)21-7-9-22(10-8-21)28(25,26)18-6-4-16(20)12-14(18)2/h3-6,11-12H,7-10H2,1-2H3. The molecular formula is C18H20I2N2O4S2. The van der Waals surface area contributed by atoms with Gasteiger partial charge in [0, 0.05) is 33.3 Å². The summed E-state index contributed by atoms with van der Waals surface area (Å²) in [5.41, 5.74) is 1.38. The summed E-state index contributed by atoms with van der Waals surface area (Å²) in [6.45, 7) is 4.09. The third-order valence-electron chi connectivity index (χ3n) is 4.71. The van der Waals surface area contributed by atoms with Gasteiger partial charge in [0.1, 0.15) is 0 Å². The molecule has 0 radical (unpaired) electrons. The molecule has 1 aliphatic heterocycles. The molecular weight excluding hydrogens is 626 g/mol. The van der Waals surface area contributed by atoms with Crippen molar-refractivity contribution in [2.24, 2.45) is 0 Å². The van der Waals surface area contributed by atoms with E-state index in [1.807, 2.05) is 12.1 Å². The Balaban J connectivity index is 1.80. The van der Waals surface area contributed by atoms with Crippen molar-refractivity contribution in [1.29, 1.82) is 0 Å². The highest BCUT2D eigenvalue weighted by molar-refractivity contribution is 14.1. The zero-order valence-electron chi connectivity index (χ0n) is 15.4. The Morgan fingerprint density at radius 2 is 1.00 bits per heavy atom. The molecule has 1 fully saturated rings. The average molecular weight is 646 g/mol. The van der Waals surface area contributed by atoms with E-state index in [0.717, 1.165) is 7.14 Å². The lowest BCUT2D eigenvalue weighted by Crippen LogP contribution is -2.50. The number of benzene rings is 2. The zero-order valence-corrected chi connectivity index (χ0v) is 21.3. The second-order valence-electron chi connectivity index (χ2n) is 6.63. The number of nitrogens with zero attached hydrogens (tertiary/aromatic N) is 2. The van der Waals surface area contributed by atoms with E-state index in [4.69, 9.17) is 0 Å². The Morgan fingerprint density at radius 1 is 0.679 bits per heavy atom. The molecule has 6 nitrogen and oxygen atoms in total. The average Bonchev–Trinajstić information content (AvgIpc) is 2.61. The smallest absolute Gasteiger partial charge is 0.207 e. The van der Waals surface area contributed by atoms with Gasteiger partial charge in [-0.1, -0.05) is 0 Å². The first-order valence-electron chi connectivity index (χ1n) is 8.56. The number of aryl methyl sites for hydroxylation is 2. The lowest BCUT2D eigenvalue weighted by Gasteiger charge is -2.33. The van der Waals surface area contributed by atoms with Crippen molar-refractivity contribution in [1.82, 2.24) is 8.61 Å². The van der Waals surface area contributed by atoms with Gasteiger partial charge in [-0.05, 0) is 107 Å². The van der Waals surface area contributed by atoms with Crippen molar-refractivity contribution in [3.05, 3.63) is 54.7 Å². The Morgan fingerprint density at radius 3 is 1.29 bits per heavy atom. The highest BCUT2D eigenvalue weighted by Gasteiger charge is 2.34. The van der Waals surface area contributed by atoms with E-state index in [1.54, 1.807) is 38.1 Å². The Hall–Kier alpha value is -0.280. The number of sulfonamides is 2. The molecule has 0 spiro atoms. The Bertz CT molecular complexity index is 1020. The highest BCUT2D eigenvalue weighted by atomic mass is 127. The monoisotopic (exact) mass is 646 g/mol. The first-order valence-corrected chi connectivity index (χ1v) is 13.6. The van der Waals surface area contributed by atoms with Crippen LogP contribution in [0.1, 0.15) is 11.1 Å². The van der Waals surface area contributed by atoms with E-state index >= 15 is 0 Å². The maximum atomic E-state index is 13.0. The zero-order chi connectivity index (χ0) is 20.7. The van der Waals surface area contributed by atoms with Gasteiger partial charge in [0.2, 0.25) is 20.0 Å². The molecule has 0 unspecified atom stereocenters. The fraction of sp³-hybridized carbons (Fsp3) is 0.333. The Kier molecular flexibility index (Phi) is 6.77. The molecule has 1 saturated heterocycles. The van der Waals surface area contributed by atoms with Crippen LogP contribution >= 0.6 is 45.2 Å². The van der Waals surface area contributed by atoms with Gasteiger partial charge >= 0.3 is 0 Å². The molecule has 1 heterocycles. The minimum atomic E-state index is -3.65. The SMILES string of the molecule is Cc1cc(I)ccc1S(=O)(=O)N1CCN(S(=O)(=O)c2ccc(I)cc2C)CC1. The number of hydrogen-bond acceptors (Lipinski definition) is 4. The third-order valence-corrected chi connectivity index (χ3v) is 10.2. The third kappa shape index (κ3) is 4.41. The molecule has 1 aliphatic rings. The minimum absolute atomic E-state index is 0.135. The van der Waals surface area contributed by atoms with Crippen LogP contribution in [0.3, 0.4) is 0 Å². The van der Waals surface area contributed by atoms with Crippen LogP contribution in [0.15, 0.2) is 46.2 Å². The lowest BCUT2D eigenvalue weighted by atomic mass is 10.2. The van der Waals surface area contributed by atoms with Crippen LogP contribution in [0, 0.1) is 21.0 Å². The topological polar surface area (TPSA) is 74.8 Å². The molecule has 0 aliphatic carbocycles. The molecule has 152 valence electrons. The van der Waals surface area contributed by atoms with Crippen molar-refractivity contribution < 1.29 is 16.8 Å². The summed E-state index contributed by atoms with van der Waals surface area (Å²) in [4.78, 5) is 0.551. The van der Waals surface area contributed by atoms with Gasteiger partial charge in [-0.3, -0.25) is 0 Å². The molecule has 28 heavy (non-hydrogen) atoms. The summed E-state index contributed by atoms with van der Waals surface area (Å²) < 4.78 is 56.6. The quantitative estimate of drug-likeness (QED) is 0.479. The van der Waals surface area contributed by atoms with Crippen LogP contribution in [0.25, 0.3) is 0 Å². The largest absolute Gasteiger partial charge is 0.243 e. The molecule has 10 heteroatoms. The van der Waals surface area contributed by atoms with Crippen molar-refractivity contribution >= 4 is 65.2 Å². The van der Waals surface area contributed by atoms with Crippen LogP contribution in [0.5, 0.6) is 0 Å². The first kappa shape index (κ1) is 22.4. The summed E-state index contributed by atoms with van der Waals surface area (Å²) in [7, 11) is -7.30. The van der Waals surface area contributed by atoms with Crippen molar-refractivity contribution in [3.8, 4) is 0 Å². The molecule has 0 bridgehead atoms. The molecule has 0 aromatic heterocycles. The van der Waals surface area contributed by atoms with Gasteiger partial charge in [-0.15, -0.1) is 0 Å².